The molecular formula is C9H25N3Si. The van der Waals surface area contributed by atoms with Gasteiger partial charge in [-0.05, 0) is 26.4 Å². The minimum absolute atomic E-state index is 0.0128. The van der Waals surface area contributed by atoms with E-state index < -0.39 is 0 Å². The third kappa shape index (κ3) is 5.41. The van der Waals surface area contributed by atoms with Crippen LogP contribution >= 0.6 is 0 Å². The Balaban J connectivity index is 4.05. The van der Waals surface area contributed by atoms with Gasteiger partial charge in [0.25, 0.3) is 0 Å². The van der Waals surface area contributed by atoms with Crippen LogP contribution < -0.4 is 16.0 Å². The number of hydrogen-bond donors (Lipinski definition) is 3. The maximum absolute atomic E-state index is 3.58. The molecule has 4 heteroatoms. The van der Waals surface area contributed by atoms with E-state index in [2.05, 4.69) is 43.6 Å². The molecule has 0 spiro atoms. The van der Waals surface area contributed by atoms with Crippen molar-refractivity contribution in [2.45, 2.75) is 45.6 Å². The number of rotatable bonds is 7. The molecule has 1 atom stereocenters. The molecule has 0 aromatic carbocycles. The van der Waals surface area contributed by atoms with Gasteiger partial charge in [-0.1, -0.05) is 20.8 Å². The molecule has 3 nitrogen and oxygen atoms in total. The Hall–Kier alpha value is 0.0969. The molecule has 0 radical (unpaired) electrons. The van der Waals surface area contributed by atoms with Crippen LogP contribution in [0.25, 0.3) is 0 Å². The minimum Gasteiger partial charge on any atom is -0.291 e. The monoisotopic (exact) mass is 203 g/mol. The molecule has 1 unspecified atom stereocenters. The van der Waals surface area contributed by atoms with Crippen molar-refractivity contribution in [2.24, 2.45) is 0 Å². The summed E-state index contributed by atoms with van der Waals surface area (Å²) in [6, 6.07) is 0.565. The lowest BCUT2D eigenvalue weighted by Crippen LogP contribution is -2.68. The Morgan fingerprint density at radius 1 is 1.15 bits per heavy atom. The van der Waals surface area contributed by atoms with Gasteiger partial charge in [-0.2, -0.15) is 0 Å². The minimum atomic E-state index is 0.0128. The zero-order valence-corrected chi connectivity index (χ0v) is 11.7. The summed E-state index contributed by atoms with van der Waals surface area (Å²) in [5.74, 6) is 0. The SMILES string of the molecule is CCNC([SiH3])(NCC)NC(C)CC. The van der Waals surface area contributed by atoms with Crippen molar-refractivity contribution in [3.05, 3.63) is 0 Å². The second kappa shape index (κ2) is 6.54. The molecule has 3 N–H and O–H groups in total. The lowest BCUT2D eigenvalue weighted by atomic mass is 10.2. The van der Waals surface area contributed by atoms with Gasteiger partial charge in [-0.3, -0.25) is 16.0 Å². The smallest absolute Gasteiger partial charge is 0.0973 e. The van der Waals surface area contributed by atoms with Gasteiger partial charge in [-0.25, -0.2) is 0 Å². The molecule has 0 saturated carbocycles. The Bertz CT molecular complexity index is 124. The first-order valence-corrected chi connectivity index (χ1v) is 6.35. The van der Waals surface area contributed by atoms with Gasteiger partial charge in [0, 0.05) is 6.04 Å². The second-order valence-corrected chi connectivity index (χ2v) is 5.14. The molecule has 0 aromatic heterocycles. The molecule has 0 aromatic rings. The van der Waals surface area contributed by atoms with Crippen molar-refractivity contribution < 1.29 is 0 Å². The molecule has 0 amide bonds. The molecule has 0 heterocycles. The predicted octanol–water partition coefficient (Wildman–Crippen LogP) is -0.430. The Morgan fingerprint density at radius 2 is 1.62 bits per heavy atom. The Kier molecular flexibility index (Phi) is 6.58. The maximum atomic E-state index is 3.58. The normalized spacial score (nSPS) is 14.8. The quantitative estimate of drug-likeness (QED) is 0.388. The van der Waals surface area contributed by atoms with Crippen LogP contribution in [0, 0.1) is 0 Å². The first-order chi connectivity index (χ1) is 6.08. The van der Waals surface area contributed by atoms with Crippen LogP contribution in [0.15, 0.2) is 0 Å². The van der Waals surface area contributed by atoms with E-state index in [9.17, 15) is 0 Å². The average Bonchev–Trinajstić information content (AvgIpc) is 2.04. The van der Waals surface area contributed by atoms with E-state index >= 15 is 0 Å². The maximum Gasteiger partial charge on any atom is 0.0973 e. The van der Waals surface area contributed by atoms with Crippen LogP contribution in [0.5, 0.6) is 0 Å². The highest BCUT2D eigenvalue weighted by Gasteiger charge is 2.21. The van der Waals surface area contributed by atoms with Gasteiger partial charge in [-0.15, -0.1) is 0 Å². The van der Waals surface area contributed by atoms with E-state index in [1.807, 2.05) is 0 Å². The third-order valence-electron chi connectivity index (χ3n) is 2.21. The summed E-state index contributed by atoms with van der Waals surface area (Å²) < 4.78 is 0. The molecular weight excluding hydrogens is 178 g/mol. The lowest BCUT2D eigenvalue weighted by molar-refractivity contribution is 0.282. The van der Waals surface area contributed by atoms with E-state index in [4.69, 9.17) is 0 Å². The molecule has 13 heavy (non-hydrogen) atoms. The number of nitrogens with one attached hydrogen (secondary N) is 3. The molecule has 0 bridgehead atoms. The molecule has 0 aliphatic carbocycles. The van der Waals surface area contributed by atoms with E-state index in [1.54, 1.807) is 0 Å². The van der Waals surface area contributed by atoms with Crippen LogP contribution in [0.3, 0.4) is 0 Å². The van der Waals surface area contributed by atoms with Crippen molar-refractivity contribution in [1.82, 2.24) is 16.0 Å². The summed E-state index contributed by atoms with van der Waals surface area (Å²) in [5.41, 5.74) is 0.0128. The molecule has 0 saturated heterocycles. The fourth-order valence-corrected chi connectivity index (χ4v) is 2.67. The van der Waals surface area contributed by atoms with E-state index in [-0.39, 0.29) is 5.41 Å². The second-order valence-electron chi connectivity index (χ2n) is 3.64. The highest BCUT2D eigenvalue weighted by molar-refractivity contribution is 6.14. The first kappa shape index (κ1) is 13.1. The van der Waals surface area contributed by atoms with E-state index in [0.29, 0.717) is 6.04 Å². The summed E-state index contributed by atoms with van der Waals surface area (Å²) in [7, 11) is 1.06. The molecule has 0 aliphatic rings. The molecule has 0 fully saturated rings. The standard InChI is InChI=1S/C9H25N3Si/c1-5-8(4)12-9(13,10-6-2)11-7-3/h8,10-12H,5-7H2,1-4,13H3. The largest absolute Gasteiger partial charge is 0.291 e. The van der Waals surface area contributed by atoms with Gasteiger partial charge in [0.05, 0.1) is 15.7 Å². The van der Waals surface area contributed by atoms with Gasteiger partial charge < -0.3 is 0 Å². The van der Waals surface area contributed by atoms with Crippen molar-refractivity contribution >= 4 is 10.2 Å². The summed E-state index contributed by atoms with van der Waals surface area (Å²) in [5, 5.41) is 10.5. The zero-order valence-electron chi connectivity index (χ0n) is 9.70. The zero-order chi connectivity index (χ0) is 10.3. The summed E-state index contributed by atoms with van der Waals surface area (Å²) in [4.78, 5) is 0. The van der Waals surface area contributed by atoms with Crippen LogP contribution in [0.1, 0.15) is 34.1 Å². The Labute approximate surface area is 85.5 Å². The lowest BCUT2D eigenvalue weighted by Gasteiger charge is -2.35. The van der Waals surface area contributed by atoms with Crippen LogP contribution in [0.4, 0.5) is 0 Å². The third-order valence-corrected chi connectivity index (χ3v) is 3.20. The highest BCUT2D eigenvalue weighted by Crippen LogP contribution is 1.95. The summed E-state index contributed by atoms with van der Waals surface area (Å²) in [6.45, 7) is 10.7. The van der Waals surface area contributed by atoms with Crippen molar-refractivity contribution in [2.75, 3.05) is 13.1 Å². The highest BCUT2D eigenvalue weighted by atomic mass is 28.1. The fraction of sp³-hybridized carbons (Fsp3) is 1.00. The van der Waals surface area contributed by atoms with E-state index in [1.165, 1.54) is 6.42 Å². The molecule has 0 rings (SSSR count). The van der Waals surface area contributed by atoms with Crippen molar-refractivity contribution in [1.29, 1.82) is 0 Å². The van der Waals surface area contributed by atoms with Gasteiger partial charge in [0.15, 0.2) is 0 Å². The molecule has 0 aliphatic heterocycles. The van der Waals surface area contributed by atoms with Crippen molar-refractivity contribution in [3.8, 4) is 0 Å². The number of hydrogen-bond acceptors (Lipinski definition) is 3. The topological polar surface area (TPSA) is 36.1 Å². The van der Waals surface area contributed by atoms with Gasteiger partial charge in [0.1, 0.15) is 0 Å². The van der Waals surface area contributed by atoms with E-state index in [0.717, 1.165) is 23.3 Å². The predicted molar refractivity (Wildman–Crippen MR) is 62.9 cm³/mol. The van der Waals surface area contributed by atoms with Crippen LogP contribution in [-0.4, -0.2) is 34.8 Å². The summed E-state index contributed by atoms with van der Waals surface area (Å²) in [6.07, 6.45) is 1.17. The van der Waals surface area contributed by atoms with Gasteiger partial charge >= 0.3 is 0 Å². The Morgan fingerprint density at radius 3 is 1.92 bits per heavy atom. The summed E-state index contributed by atoms with van der Waals surface area (Å²) >= 11 is 0. The van der Waals surface area contributed by atoms with Gasteiger partial charge in [0.2, 0.25) is 0 Å². The van der Waals surface area contributed by atoms with Crippen molar-refractivity contribution in [3.63, 3.8) is 0 Å². The average molecular weight is 203 g/mol. The molecule has 80 valence electrons. The van der Waals surface area contributed by atoms with Crippen LogP contribution in [0.2, 0.25) is 0 Å². The van der Waals surface area contributed by atoms with Crippen LogP contribution in [-0.2, 0) is 0 Å². The first-order valence-electron chi connectivity index (χ1n) is 5.35. The fourth-order valence-electron chi connectivity index (χ4n) is 1.47.